The van der Waals surface area contributed by atoms with E-state index in [2.05, 4.69) is 9.88 Å². The van der Waals surface area contributed by atoms with Crippen LogP contribution in [-0.2, 0) is 11.3 Å². The lowest BCUT2D eigenvalue weighted by molar-refractivity contribution is -0.384. The number of benzene rings is 2. The third kappa shape index (κ3) is 4.70. The van der Waals surface area contributed by atoms with Crippen LogP contribution in [0.4, 0.5) is 11.4 Å². The summed E-state index contributed by atoms with van der Waals surface area (Å²) in [6.07, 6.45) is 2.86. The Kier molecular flexibility index (Phi) is 7.02. The van der Waals surface area contributed by atoms with Gasteiger partial charge in [-0.1, -0.05) is 0 Å². The van der Waals surface area contributed by atoms with Crippen molar-refractivity contribution >= 4 is 22.3 Å². The predicted octanol–water partition coefficient (Wildman–Crippen LogP) is 4.74. The summed E-state index contributed by atoms with van der Waals surface area (Å²) >= 11 is 0. The number of aromatic nitrogens is 1. The van der Waals surface area contributed by atoms with E-state index in [1.807, 2.05) is 37.3 Å². The summed E-state index contributed by atoms with van der Waals surface area (Å²) in [5.74, 6) is 1.94. The highest BCUT2D eigenvalue weighted by Crippen LogP contribution is 2.41. The Morgan fingerprint density at radius 3 is 2.53 bits per heavy atom. The lowest BCUT2D eigenvalue weighted by Gasteiger charge is -2.38. The minimum Gasteiger partial charge on any atom is -0.497 e. The molecule has 0 spiro atoms. The molecular formula is C25H29N3O6. The molecule has 0 radical (unpaired) electrons. The summed E-state index contributed by atoms with van der Waals surface area (Å²) < 4.78 is 22.2. The summed E-state index contributed by atoms with van der Waals surface area (Å²) in [5.41, 5.74) is 2.02. The average molecular weight is 468 g/mol. The van der Waals surface area contributed by atoms with Gasteiger partial charge in [0.05, 0.1) is 37.9 Å². The highest BCUT2D eigenvalue weighted by Gasteiger charge is 2.32. The first-order chi connectivity index (χ1) is 16.4. The number of nitro groups is 1. The normalized spacial score (nSPS) is 17.9. The van der Waals surface area contributed by atoms with Gasteiger partial charge >= 0.3 is 5.69 Å². The Labute approximate surface area is 198 Å². The van der Waals surface area contributed by atoms with E-state index in [9.17, 15) is 10.1 Å². The zero-order valence-corrected chi connectivity index (χ0v) is 19.8. The Morgan fingerprint density at radius 2 is 1.85 bits per heavy atom. The number of pyridine rings is 1. The largest absolute Gasteiger partial charge is 0.497 e. The second-order valence-electron chi connectivity index (χ2n) is 8.30. The summed E-state index contributed by atoms with van der Waals surface area (Å²) in [6, 6.07) is 11.1. The number of hydrogen-bond acceptors (Lipinski definition) is 8. The fourth-order valence-electron chi connectivity index (χ4n) is 4.52. The third-order valence-corrected chi connectivity index (χ3v) is 6.24. The summed E-state index contributed by atoms with van der Waals surface area (Å²) in [4.78, 5) is 18.3. The van der Waals surface area contributed by atoms with E-state index in [1.54, 1.807) is 27.4 Å². The number of ether oxygens (including phenoxy) is 4. The van der Waals surface area contributed by atoms with Crippen molar-refractivity contribution in [2.45, 2.75) is 38.5 Å². The summed E-state index contributed by atoms with van der Waals surface area (Å²) in [6.45, 7) is 3.02. The van der Waals surface area contributed by atoms with Crippen LogP contribution in [0.15, 0.2) is 42.6 Å². The van der Waals surface area contributed by atoms with Gasteiger partial charge in [-0.3, -0.25) is 10.1 Å². The van der Waals surface area contributed by atoms with Gasteiger partial charge in [0.25, 0.3) is 0 Å². The first-order valence-corrected chi connectivity index (χ1v) is 11.2. The van der Waals surface area contributed by atoms with Gasteiger partial charge in [-0.2, -0.15) is 0 Å². The van der Waals surface area contributed by atoms with Gasteiger partial charge < -0.3 is 23.8 Å². The van der Waals surface area contributed by atoms with E-state index in [-0.39, 0.29) is 22.8 Å². The van der Waals surface area contributed by atoms with Crippen molar-refractivity contribution < 1.29 is 23.9 Å². The molecule has 1 saturated heterocycles. The minimum absolute atomic E-state index is 0.0195. The number of hydrogen-bond donors (Lipinski definition) is 0. The van der Waals surface area contributed by atoms with Crippen molar-refractivity contribution in [3.63, 3.8) is 0 Å². The molecule has 180 valence electrons. The quantitative estimate of drug-likeness (QED) is 0.346. The number of fused-ring (bicyclic) bond motifs is 1. The predicted molar refractivity (Wildman–Crippen MR) is 129 cm³/mol. The smallest absolute Gasteiger partial charge is 0.311 e. The lowest BCUT2D eigenvalue weighted by Crippen LogP contribution is -2.42. The molecule has 9 heteroatoms. The van der Waals surface area contributed by atoms with E-state index >= 15 is 0 Å². The van der Waals surface area contributed by atoms with Gasteiger partial charge in [0.1, 0.15) is 29.1 Å². The maximum absolute atomic E-state index is 12.2. The highest BCUT2D eigenvalue weighted by atomic mass is 16.6. The second kappa shape index (κ2) is 10.1. The Hall–Kier alpha value is -3.59. The van der Waals surface area contributed by atoms with Gasteiger partial charge in [0, 0.05) is 36.2 Å². The van der Waals surface area contributed by atoms with Gasteiger partial charge in [0.2, 0.25) is 0 Å². The highest BCUT2D eigenvalue weighted by molar-refractivity contribution is 5.97. The number of anilines is 1. The molecule has 2 atom stereocenters. The molecule has 1 fully saturated rings. The van der Waals surface area contributed by atoms with Gasteiger partial charge in [-0.25, -0.2) is 4.98 Å². The van der Waals surface area contributed by atoms with Crippen LogP contribution in [0.2, 0.25) is 0 Å². The molecule has 4 rings (SSSR count). The maximum Gasteiger partial charge on any atom is 0.311 e. The first-order valence-electron chi connectivity index (χ1n) is 11.2. The van der Waals surface area contributed by atoms with Crippen LogP contribution in [0.1, 0.15) is 25.3 Å². The van der Waals surface area contributed by atoms with E-state index in [0.717, 1.165) is 18.4 Å². The van der Waals surface area contributed by atoms with E-state index in [0.29, 0.717) is 47.0 Å². The molecule has 2 aromatic carbocycles. The Balaban J connectivity index is 1.92. The standard InChI is InChI=1S/C25H29N3O6/c1-16-11-18(9-10-34-16)27(15-17-5-6-20(32-3)13-24(17)33-4)25-21-12-19(31-2)7-8-22(21)26-14-23(25)28(29)30/h5-8,12-14,16,18H,9-11,15H2,1-4H3. The Bertz CT molecular complexity index is 1180. The van der Waals surface area contributed by atoms with Crippen LogP contribution in [0, 0.1) is 10.1 Å². The second-order valence-corrected chi connectivity index (χ2v) is 8.30. The van der Waals surface area contributed by atoms with Crippen molar-refractivity contribution in [3.05, 3.63) is 58.3 Å². The van der Waals surface area contributed by atoms with Crippen LogP contribution >= 0.6 is 0 Å². The molecule has 0 aliphatic carbocycles. The zero-order chi connectivity index (χ0) is 24.2. The molecule has 2 unspecified atom stereocenters. The van der Waals surface area contributed by atoms with Crippen LogP contribution in [0.5, 0.6) is 17.2 Å². The molecule has 9 nitrogen and oxygen atoms in total. The Morgan fingerprint density at radius 1 is 1.12 bits per heavy atom. The number of rotatable bonds is 8. The van der Waals surface area contributed by atoms with Crippen molar-refractivity contribution in [2.75, 3.05) is 32.8 Å². The van der Waals surface area contributed by atoms with Gasteiger partial charge in [-0.05, 0) is 50.1 Å². The molecule has 0 bridgehead atoms. The maximum atomic E-state index is 12.2. The van der Waals surface area contributed by atoms with Gasteiger partial charge in [0.15, 0.2) is 0 Å². The monoisotopic (exact) mass is 467 g/mol. The van der Waals surface area contributed by atoms with Crippen LogP contribution < -0.4 is 19.1 Å². The fourth-order valence-corrected chi connectivity index (χ4v) is 4.52. The number of methoxy groups -OCH3 is 3. The van der Waals surface area contributed by atoms with E-state index < -0.39 is 0 Å². The van der Waals surface area contributed by atoms with Gasteiger partial charge in [-0.15, -0.1) is 0 Å². The molecule has 0 saturated carbocycles. The van der Waals surface area contributed by atoms with Crippen molar-refractivity contribution in [3.8, 4) is 17.2 Å². The summed E-state index contributed by atoms with van der Waals surface area (Å²) in [5, 5.41) is 12.8. The molecular weight excluding hydrogens is 438 g/mol. The fraction of sp³-hybridized carbons (Fsp3) is 0.400. The molecule has 34 heavy (non-hydrogen) atoms. The molecule has 3 aromatic rings. The number of nitrogens with zero attached hydrogens (tertiary/aromatic N) is 3. The molecule has 0 amide bonds. The van der Waals surface area contributed by atoms with Crippen molar-refractivity contribution in [1.82, 2.24) is 4.98 Å². The molecule has 1 aliphatic heterocycles. The third-order valence-electron chi connectivity index (χ3n) is 6.24. The molecule has 2 heterocycles. The van der Waals surface area contributed by atoms with E-state index in [1.165, 1.54) is 6.20 Å². The molecule has 1 aliphatic rings. The zero-order valence-electron chi connectivity index (χ0n) is 19.8. The average Bonchev–Trinajstić information content (AvgIpc) is 2.86. The summed E-state index contributed by atoms with van der Waals surface area (Å²) in [7, 11) is 4.78. The van der Waals surface area contributed by atoms with Crippen molar-refractivity contribution in [1.29, 1.82) is 0 Å². The van der Waals surface area contributed by atoms with Crippen LogP contribution in [0.3, 0.4) is 0 Å². The van der Waals surface area contributed by atoms with E-state index in [4.69, 9.17) is 18.9 Å². The topological polar surface area (TPSA) is 96.2 Å². The van der Waals surface area contributed by atoms with Crippen LogP contribution in [-0.4, -0.2) is 50.0 Å². The van der Waals surface area contributed by atoms with Crippen molar-refractivity contribution in [2.24, 2.45) is 0 Å². The SMILES string of the molecule is COc1ccc(CN(c2c([N+](=O)[O-])cnc3ccc(OC)cc23)C2CCOC(C)C2)c(OC)c1. The lowest BCUT2D eigenvalue weighted by atomic mass is 9.99. The van der Waals surface area contributed by atoms with Crippen LogP contribution in [0.25, 0.3) is 10.9 Å². The minimum atomic E-state index is -0.373. The molecule has 1 aromatic heterocycles. The first kappa shape index (κ1) is 23.6. The molecule has 0 N–H and O–H groups in total.